The molecule has 10 rings (SSSR count). The minimum absolute atomic E-state index is 0. The molecule has 4 nitrogen and oxygen atoms in total. The Morgan fingerprint density at radius 2 is 1.41 bits per heavy atom. The van der Waals surface area contributed by atoms with Gasteiger partial charge in [0.05, 0.1) is 11.2 Å². The number of benzene rings is 5. The van der Waals surface area contributed by atoms with Gasteiger partial charge in [0, 0.05) is 55.1 Å². The molecule has 5 aromatic carbocycles. The van der Waals surface area contributed by atoms with Gasteiger partial charge in [0.15, 0.2) is 0 Å². The van der Waals surface area contributed by atoms with Crippen LogP contribution >= 0.6 is 11.3 Å². The summed E-state index contributed by atoms with van der Waals surface area (Å²) in [7, 11) is 0. The summed E-state index contributed by atoms with van der Waals surface area (Å²) in [4.78, 5) is 9.43. The van der Waals surface area contributed by atoms with Gasteiger partial charge in [0.2, 0.25) is 0 Å². The first-order chi connectivity index (χ1) is 22.2. The number of halogens is 1. The van der Waals surface area contributed by atoms with Crippen LogP contribution in [0.25, 0.3) is 75.1 Å². The Morgan fingerprint density at radius 1 is 0.630 bits per heavy atom. The minimum Gasteiger partial charge on any atom is -0.340 e. The predicted molar refractivity (Wildman–Crippen MR) is 182 cm³/mol. The summed E-state index contributed by atoms with van der Waals surface area (Å²) < 4.78 is 23.2. The summed E-state index contributed by atoms with van der Waals surface area (Å²) in [6, 6.07) is 41.5. The van der Waals surface area contributed by atoms with Crippen molar-refractivity contribution in [2.24, 2.45) is 0 Å². The molecule has 5 aromatic heterocycles. The molecule has 220 valence electrons. The quantitative estimate of drug-likeness (QED) is 0.132. The Balaban J connectivity index is 0.00000292. The molecule has 1 unspecified atom stereocenters. The first kappa shape index (κ1) is 27.4. The molecular formula is C39H21FN4PtS. The van der Waals surface area contributed by atoms with E-state index in [1.807, 2.05) is 59.3 Å². The number of alkyl halides is 1. The van der Waals surface area contributed by atoms with Gasteiger partial charge < -0.3 is 8.97 Å². The van der Waals surface area contributed by atoms with E-state index < -0.39 is 6.17 Å². The van der Waals surface area contributed by atoms with Crippen LogP contribution in [0, 0.1) is 12.1 Å². The van der Waals surface area contributed by atoms with Crippen molar-refractivity contribution >= 4 is 80.8 Å². The second-order valence-corrected chi connectivity index (χ2v) is 12.4. The van der Waals surface area contributed by atoms with E-state index in [2.05, 4.69) is 76.3 Å². The van der Waals surface area contributed by atoms with Crippen LogP contribution in [-0.2, 0) is 21.1 Å². The molecule has 0 radical (unpaired) electrons. The molecule has 1 atom stereocenters. The van der Waals surface area contributed by atoms with E-state index in [0.29, 0.717) is 11.1 Å². The fourth-order valence-corrected chi connectivity index (χ4v) is 8.06. The number of para-hydroxylation sites is 1. The maximum absolute atomic E-state index is 16.6. The van der Waals surface area contributed by atoms with E-state index in [9.17, 15) is 0 Å². The number of aromatic nitrogens is 4. The van der Waals surface area contributed by atoms with Crippen LogP contribution in [0.2, 0.25) is 0 Å². The maximum Gasteiger partial charge on any atom is 2.00 e. The number of thiophene rings is 1. The second-order valence-electron chi connectivity index (χ2n) is 11.3. The van der Waals surface area contributed by atoms with E-state index in [4.69, 9.17) is 4.98 Å². The summed E-state index contributed by atoms with van der Waals surface area (Å²) in [5, 5.41) is 7.43. The van der Waals surface area contributed by atoms with Gasteiger partial charge in [0.25, 0.3) is 0 Å². The summed E-state index contributed by atoms with van der Waals surface area (Å²) in [6.45, 7) is 0. The van der Waals surface area contributed by atoms with Crippen LogP contribution in [0.1, 0.15) is 17.3 Å². The topological polar surface area (TPSA) is 35.1 Å². The number of hydrogen-bond donors (Lipinski definition) is 0. The second kappa shape index (κ2) is 10.3. The number of pyridine rings is 2. The van der Waals surface area contributed by atoms with Gasteiger partial charge in [-0.1, -0.05) is 64.5 Å². The Labute approximate surface area is 280 Å². The minimum atomic E-state index is -1.43. The van der Waals surface area contributed by atoms with E-state index in [-0.39, 0.29) is 21.1 Å². The summed E-state index contributed by atoms with van der Waals surface area (Å²) in [5.41, 5.74) is 5.35. The molecule has 7 heteroatoms. The molecule has 0 amide bonds. The first-order valence-corrected chi connectivity index (χ1v) is 15.6. The smallest absolute Gasteiger partial charge is 0.340 e. The van der Waals surface area contributed by atoms with Crippen molar-refractivity contribution in [2.45, 2.75) is 6.17 Å². The predicted octanol–water partition coefficient (Wildman–Crippen LogP) is 10.2. The fourth-order valence-electron chi connectivity index (χ4n) is 6.95. The summed E-state index contributed by atoms with van der Waals surface area (Å²) >= 11 is 1.78. The van der Waals surface area contributed by atoms with Crippen molar-refractivity contribution in [3.8, 4) is 5.69 Å². The molecule has 0 spiro atoms. The fraction of sp³-hybridized carbons (Fsp3) is 0.0256. The van der Waals surface area contributed by atoms with Crippen molar-refractivity contribution in [2.75, 3.05) is 0 Å². The van der Waals surface area contributed by atoms with Crippen molar-refractivity contribution in [3.05, 3.63) is 145 Å². The third-order valence-corrected chi connectivity index (χ3v) is 10.0. The zero-order chi connectivity index (χ0) is 29.6. The summed E-state index contributed by atoms with van der Waals surface area (Å²) in [5.74, 6) is 0. The normalized spacial score (nSPS) is 12.6. The molecular weight excluding hydrogens is 771 g/mol. The van der Waals surface area contributed by atoms with Crippen molar-refractivity contribution in [1.82, 2.24) is 18.9 Å². The molecule has 0 saturated carbocycles. The molecule has 0 aliphatic carbocycles. The van der Waals surface area contributed by atoms with Gasteiger partial charge in [0.1, 0.15) is 11.8 Å². The Morgan fingerprint density at radius 3 is 2.35 bits per heavy atom. The Kier molecular flexibility index (Phi) is 6.15. The SMILES string of the molecule is FC(c1[c-]c(-n2c3ncccc3c3ccc4sc5ccccc5c4c32)ccc1)c1[c-]c2c(cc1)c1ccccc1n1ccnc21.[Pt+2]. The molecule has 0 fully saturated rings. The van der Waals surface area contributed by atoms with Crippen LogP contribution < -0.4 is 0 Å². The van der Waals surface area contributed by atoms with Crippen molar-refractivity contribution < 1.29 is 25.5 Å². The monoisotopic (exact) mass is 791 g/mol. The average molecular weight is 792 g/mol. The standard InChI is InChI=1S/C39H21FN4S.Pt/c40-36(24-14-15-26-27-9-1-3-12-32(27)43-20-19-42-38(43)31(26)22-24)23-7-5-8-25(21-23)44-37-28(29-11-6-18-41-39(29)44)16-17-34-35(37)30-10-2-4-13-33(30)45-34;/h1-20,36H;/q-2;+2. The zero-order valence-corrected chi connectivity index (χ0v) is 27.1. The first-order valence-electron chi connectivity index (χ1n) is 14.8. The van der Waals surface area contributed by atoms with E-state index in [1.165, 1.54) is 20.2 Å². The molecule has 46 heavy (non-hydrogen) atoms. The van der Waals surface area contributed by atoms with Crippen molar-refractivity contribution in [3.63, 3.8) is 0 Å². The van der Waals surface area contributed by atoms with Gasteiger partial charge in [-0.15, -0.1) is 41.2 Å². The number of rotatable bonds is 3. The molecule has 5 heterocycles. The van der Waals surface area contributed by atoms with E-state index >= 15 is 4.39 Å². The van der Waals surface area contributed by atoms with Crippen LogP contribution in [0.5, 0.6) is 0 Å². The zero-order valence-electron chi connectivity index (χ0n) is 24.0. The van der Waals surface area contributed by atoms with E-state index in [1.54, 1.807) is 23.6 Å². The third kappa shape index (κ3) is 3.81. The number of fused-ring (bicyclic) bond motifs is 13. The van der Waals surface area contributed by atoms with E-state index in [0.717, 1.165) is 54.9 Å². The third-order valence-electron chi connectivity index (χ3n) is 8.90. The molecule has 0 saturated heterocycles. The molecule has 0 aliphatic heterocycles. The van der Waals surface area contributed by atoms with Crippen LogP contribution in [0.3, 0.4) is 0 Å². The van der Waals surface area contributed by atoms with Crippen molar-refractivity contribution in [1.29, 1.82) is 0 Å². The largest absolute Gasteiger partial charge is 2.00 e. The van der Waals surface area contributed by atoms with Gasteiger partial charge in [-0.05, 0) is 35.7 Å². The van der Waals surface area contributed by atoms with Gasteiger partial charge >= 0.3 is 21.1 Å². The molecule has 0 aliphatic rings. The van der Waals surface area contributed by atoms with Crippen LogP contribution in [0.15, 0.2) is 122 Å². The number of hydrogen-bond acceptors (Lipinski definition) is 3. The van der Waals surface area contributed by atoms with Gasteiger partial charge in [-0.25, -0.2) is 9.37 Å². The average Bonchev–Trinajstić information content (AvgIpc) is 3.82. The van der Waals surface area contributed by atoms with Gasteiger partial charge in [-0.2, -0.15) is 18.2 Å². The summed E-state index contributed by atoms with van der Waals surface area (Å²) in [6.07, 6.45) is 4.10. The number of imidazole rings is 1. The van der Waals surface area contributed by atoms with Crippen LogP contribution in [-0.4, -0.2) is 18.9 Å². The number of nitrogens with zero attached hydrogens (tertiary/aromatic N) is 4. The Hall–Kier alpha value is -4.90. The maximum atomic E-state index is 16.6. The Bertz CT molecular complexity index is 2810. The molecule has 10 aromatic rings. The van der Waals surface area contributed by atoms with Crippen LogP contribution in [0.4, 0.5) is 4.39 Å². The molecule has 0 bridgehead atoms. The van der Waals surface area contributed by atoms with Gasteiger partial charge in [-0.3, -0.25) is 4.98 Å². The molecule has 0 N–H and O–H groups in total.